The number of aryl methyl sites for hydroxylation is 1. The molecule has 0 heterocycles. The molecule has 100 valence electrons. The highest BCUT2D eigenvalue weighted by Gasteiger charge is 2.13. The largest absolute Gasteiger partial charge is 0.489 e. The summed E-state index contributed by atoms with van der Waals surface area (Å²) < 4.78 is 33.9. The van der Waals surface area contributed by atoms with Gasteiger partial charge in [0.2, 0.25) is 0 Å². The fourth-order valence-electron chi connectivity index (χ4n) is 1.56. The van der Waals surface area contributed by atoms with Gasteiger partial charge in [0.05, 0.1) is 10.0 Å². The molecule has 2 rings (SSSR count). The Kier molecular flexibility index (Phi) is 4.58. The quantitative estimate of drug-likeness (QED) is 0.638. The van der Waals surface area contributed by atoms with Crippen molar-refractivity contribution < 1.29 is 13.5 Å². The van der Waals surface area contributed by atoms with E-state index in [0.717, 1.165) is 10.0 Å². The molecule has 0 radical (unpaired) electrons. The molecular weight excluding hydrogens is 382 g/mol. The first-order valence-electron chi connectivity index (χ1n) is 5.50. The molecule has 0 saturated carbocycles. The summed E-state index contributed by atoms with van der Waals surface area (Å²) in [5.74, 6) is -0.678. The topological polar surface area (TPSA) is 9.23 Å². The molecule has 0 aromatic heterocycles. The Morgan fingerprint density at radius 3 is 2.42 bits per heavy atom. The first-order chi connectivity index (χ1) is 8.99. The van der Waals surface area contributed by atoms with Crippen LogP contribution in [0.15, 0.2) is 39.3 Å². The lowest BCUT2D eigenvalue weighted by Gasteiger charge is -2.10. The van der Waals surface area contributed by atoms with E-state index < -0.39 is 11.6 Å². The zero-order chi connectivity index (χ0) is 14.0. The maximum absolute atomic E-state index is 13.7. The van der Waals surface area contributed by atoms with Crippen LogP contribution in [0.4, 0.5) is 8.78 Å². The highest BCUT2D eigenvalue weighted by molar-refractivity contribution is 9.10. The predicted molar refractivity (Wildman–Crippen MR) is 77.3 cm³/mol. The van der Waals surface area contributed by atoms with Gasteiger partial charge >= 0.3 is 0 Å². The molecule has 19 heavy (non-hydrogen) atoms. The molecule has 2 aromatic rings. The fraction of sp³-hybridized carbons (Fsp3) is 0.143. The molecule has 0 saturated heterocycles. The van der Waals surface area contributed by atoms with Gasteiger partial charge in [0, 0.05) is 4.47 Å². The van der Waals surface area contributed by atoms with Gasteiger partial charge in [0.25, 0.3) is 0 Å². The molecule has 0 aliphatic rings. The summed E-state index contributed by atoms with van der Waals surface area (Å²) in [6.45, 7) is 1.76. The monoisotopic (exact) mass is 390 g/mol. The summed E-state index contributed by atoms with van der Waals surface area (Å²) >= 11 is 6.40. The number of hydrogen-bond acceptors (Lipinski definition) is 1. The summed E-state index contributed by atoms with van der Waals surface area (Å²) in [6, 6.07) is 7.91. The van der Waals surface area contributed by atoms with Crippen molar-refractivity contribution in [2.24, 2.45) is 0 Å². The van der Waals surface area contributed by atoms with Gasteiger partial charge in [-0.3, -0.25) is 0 Å². The van der Waals surface area contributed by atoms with Gasteiger partial charge in [0.15, 0.2) is 0 Å². The highest BCUT2D eigenvalue weighted by Crippen LogP contribution is 2.25. The van der Waals surface area contributed by atoms with E-state index in [0.29, 0.717) is 5.75 Å². The van der Waals surface area contributed by atoms with Crippen molar-refractivity contribution in [1.29, 1.82) is 0 Å². The van der Waals surface area contributed by atoms with Gasteiger partial charge in [-0.05, 0) is 58.7 Å². The lowest BCUT2D eigenvalue weighted by molar-refractivity contribution is 0.292. The molecule has 0 spiro atoms. The number of halogens is 4. The molecule has 2 aromatic carbocycles. The maximum atomic E-state index is 13.7. The van der Waals surface area contributed by atoms with Crippen LogP contribution in [0.1, 0.15) is 11.1 Å². The second kappa shape index (κ2) is 6.01. The lowest BCUT2D eigenvalue weighted by Crippen LogP contribution is -2.02. The Morgan fingerprint density at radius 2 is 1.74 bits per heavy atom. The van der Waals surface area contributed by atoms with Crippen LogP contribution in [0.5, 0.6) is 5.75 Å². The van der Waals surface area contributed by atoms with Crippen LogP contribution >= 0.6 is 31.9 Å². The normalized spacial score (nSPS) is 10.6. The van der Waals surface area contributed by atoms with Crippen LogP contribution < -0.4 is 4.74 Å². The summed E-state index contributed by atoms with van der Waals surface area (Å²) in [5, 5.41) is 0. The van der Waals surface area contributed by atoms with E-state index in [1.807, 2.05) is 13.0 Å². The van der Waals surface area contributed by atoms with Gasteiger partial charge in [-0.25, -0.2) is 8.78 Å². The Bertz CT molecular complexity index is 615. The Hall–Kier alpha value is -0.940. The van der Waals surface area contributed by atoms with Crippen LogP contribution in [-0.2, 0) is 6.61 Å². The van der Waals surface area contributed by atoms with E-state index in [9.17, 15) is 8.78 Å². The smallest absolute Gasteiger partial charge is 0.146 e. The molecule has 0 amide bonds. The van der Waals surface area contributed by atoms with Crippen molar-refractivity contribution in [2.75, 3.05) is 0 Å². The molecule has 5 heteroatoms. The summed E-state index contributed by atoms with van der Waals surface area (Å²) in [6.07, 6.45) is 0. The van der Waals surface area contributed by atoms with Crippen LogP contribution in [0, 0.1) is 18.6 Å². The molecule has 0 fully saturated rings. The first kappa shape index (κ1) is 14.5. The first-order valence-corrected chi connectivity index (χ1v) is 7.09. The predicted octanol–water partition coefficient (Wildman–Crippen LogP) is 5.38. The van der Waals surface area contributed by atoms with E-state index in [2.05, 4.69) is 31.9 Å². The van der Waals surface area contributed by atoms with Crippen molar-refractivity contribution in [3.05, 3.63) is 62.0 Å². The molecular formula is C14H10Br2F2O. The Morgan fingerprint density at radius 1 is 1.05 bits per heavy atom. The summed E-state index contributed by atoms with van der Waals surface area (Å²) in [5.41, 5.74) is 0.905. The number of rotatable bonds is 3. The molecule has 0 aliphatic heterocycles. The van der Waals surface area contributed by atoms with Crippen LogP contribution in [0.2, 0.25) is 0 Å². The standard InChI is InChI=1S/C14H10Br2F2O/c1-8-6-9(2-3-11(8)15)19-7-10-13(17)5-4-12(16)14(10)18/h2-6H,7H2,1H3. The van der Waals surface area contributed by atoms with Crippen molar-refractivity contribution in [1.82, 2.24) is 0 Å². The third kappa shape index (κ3) is 3.34. The van der Waals surface area contributed by atoms with Crippen LogP contribution in [0.3, 0.4) is 0 Å². The Labute approximate surface area is 126 Å². The zero-order valence-corrected chi connectivity index (χ0v) is 13.2. The number of benzene rings is 2. The Balaban J connectivity index is 2.19. The van der Waals surface area contributed by atoms with Crippen molar-refractivity contribution in [3.8, 4) is 5.75 Å². The zero-order valence-electron chi connectivity index (χ0n) is 10.0. The minimum absolute atomic E-state index is 0.0880. The molecule has 0 bridgehead atoms. The van der Waals surface area contributed by atoms with E-state index in [-0.39, 0.29) is 16.6 Å². The van der Waals surface area contributed by atoms with Gasteiger partial charge in [0.1, 0.15) is 24.0 Å². The van der Waals surface area contributed by atoms with Crippen LogP contribution in [0.25, 0.3) is 0 Å². The van der Waals surface area contributed by atoms with Gasteiger partial charge < -0.3 is 4.74 Å². The third-order valence-corrected chi connectivity index (χ3v) is 4.15. The highest BCUT2D eigenvalue weighted by atomic mass is 79.9. The molecule has 0 aliphatic carbocycles. The van der Waals surface area contributed by atoms with Gasteiger partial charge in [-0.1, -0.05) is 15.9 Å². The van der Waals surface area contributed by atoms with E-state index in [4.69, 9.17) is 4.74 Å². The van der Waals surface area contributed by atoms with Crippen molar-refractivity contribution >= 4 is 31.9 Å². The minimum Gasteiger partial charge on any atom is -0.489 e. The van der Waals surface area contributed by atoms with Crippen molar-refractivity contribution in [3.63, 3.8) is 0 Å². The minimum atomic E-state index is -0.631. The molecule has 0 atom stereocenters. The average molecular weight is 392 g/mol. The SMILES string of the molecule is Cc1cc(OCc2c(F)ccc(Br)c2F)ccc1Br. The summed E-state index contributed by atoms with van der Waals surface area (Å²) in [7, 11) is 0. The van der Waals surface area contributed by atoms with Crippen LogP contribution in [-0.4, -0.2) is 0 Å². The van der Waals surface area contributed by atoms with E-state index in [1.165, 1.54) is 12.1 Å². The molecule has 0 N–H and O–H groups in total. The fourth-order valence-corrected chi connectivity index (χ4v) is 2.18. The maximum Gasteiger partial charge on any atom is 0.146 e. The van der Waals surface area contributed by atoms with Crippen molar-refractivity contribution in [2.45, 2.75) is 13.5 Å². The molecule has 0 unspecified atom stereocenters. The second-order valence-electron chi connectivity index (χ2n) is 4.02. The van der Waals surface area contributed by atoms with E-state index in [1.54, 1.807) is 12.1 Å². The number of hydrogen-bond donors (Lipinski definition) is 0. The van der Waals surface area contributed by atoms with E-state index >= 15 is 0 Å². The average Bonchev–Trinajstić information content (AvgIpc) is 2.38. The third-order valence-electron chi connectivity index (χ3n) is 2.65. The number of ether oxygens (including phenoxy) is 1. The van der Waals surface area contributed by atoms with Gasteiger partial charge in [-0.2, -0.15) is 0 Å². The second-order valence-corrected chi connectivity index (χ2v) is 5.73. The van der Waals surface area contributed by atoms with Gasteiger partial charge in [-0.15, -0.1) is 0 Å². The lowest BCUT2D eigenvalue weighted by atomic mass is 10.2. The summed E-state index contributed by atoms with van der Waals surface area (Å²) in [4.78, 5) is 0. The molecule has 1 nitrogen and oxygen atoms in total.